The summed E-state index contributed by atoms with van der Waals surface area (Å²) in [5.74, 6) is 0.0432. The maximum absolute atomic E-state index is 12.7. The molecule has 0 radical (unpaired) electrons. The lowest BCUT2D eigenvalue weighted by molar-refractivity contribution is 0.0946. The minimum atomic E-state index is 0.0432. The molecule has 1 N–H and O–H groups in total. The Morgan fingerprint density at radius 1 is 1.12 bits per heavy atom. The molecule has 0 aliphatic carbocycles. The van der Waals surface area contributed by atoms with E-state index in [0.29, 0.717) is 0 Å². The molecule has 26 heavy (non-hydrogen) atoms. The van der Waals surface area contributed by atoms with Gasteiger partial charge in [0.05, 0.1) is 11.6 Å². The molecule has 4 heteroatoms. The minimum Gasteiger partial charge on any atom is -0.351 e. The van der Waals surface area contributed by atoms with Crippen LogP contribution >= 0.6 is 0 Å². The summed E-state index contributed by atoms with van der Waals surface area (Å²) in [6.07, 6.45) is 3.91. The van der Waals surface area contributed by atoms with Crippen molar-refractivity contribution < 1.29 is 4.79 Å². The number of carbonyl (C=O) groups excluding carboxylic acids is 1. The smallest absolute Gasteiger partial charge is 0.253 e. The van der Waals surface area contributed by atoms with E-state index in [1.54, 1.807) is 0 Å². The van der Waals surface area contributed by atoms with Crippen LogP contribution in [0.1, 0.15) is 59.5 Å². The molecule has 140 valence electrons. The Bertz CT molecular complexity index is 729. The van der Waals surface area contributed by atoms with Crippen molar-refractivity contribution in [2.45, 2.75) is 46.1 Å². The first-order chi connectivity index (χ1) is 12.6. The van der Waals surface area contributed by atoms with E-state index in [0.717, 1.165) is 30.0 Å². The van der Waals surface area contributed by atoms with Crippen molar-refractivity contribution in [3.63, 3.8) is 0 Å². The molecule has 0 spiro atoms. The van der Waals surface area contributed by atoms with Crippen LogP contribution in [0.15, 0.2) is 36.4 Å². The summed E-state index contributed by atoms with van der Waals surface area (Å²) >= 11 is 0. The second-order valence-corrected chi connectivity index (χ2v) is 7.40. The lowest BCUT2D eigenvalue weighted by Crippen LogP contribution is -2.37. The molecule has 2 heterocycles. The molecule has 1 unspecified atom stereocenters. The largest absolute Gasteiger partial charge is 0.351 e. The first-order valence-electron chi connectivity index (χ1n) is 9.82. The molecule has 1 aromatic heterocycles. The molecular formula is C22H31N3O. The monoisotopic (exact) mass is 353 g/mol. The van der Waals surface area contributed by atoms with Gasteiger partial charge in [-0.15, -0.1) is 0 Å². The molecule has 0 bridgehead atoms. The summed E-state index contributed by atoms with van der Waals surface area (Å²) in [7, 11) is 0. The number of nitrogens with one attached hydrogen (secondary N) is 1. The fraction of sp³-hybridized carbons (Fsp3) is 0.500. The van der Waals surface area contributed by atoms with E-state index in [2.05, 4.69) is 52.9 Å². The minimum absolute atomic E-state index is 0.0432. The van der Waals surface area contributed by atoms with E-state index in [1.807, 2.05) is 19.1 Å². The fourth-order valence-corrected chi connectivity index (χ4v) is 4.09. The fourth-order valence-electron chi connectivity index (χ4n) is 4.09. The maximum atomic E-state index is 12.7. The van der Waals surface area contributed by atoms with E-state index < -0.39 is 0 Å². The number of piperidine rings is 1. The number of rotatable bonds is 6. The van der Waals surface area contributed by atoms with Gasteiger partial charge in [-0.2, -0.15) is 0 Å². The average Bonchev–Trinajstić information content (AvgIpc) is 2.97. The Labute approximate surface area is 157 Å². The Morgan fingerprint density at radius 3 is 2.50 bits per heavy atom. The van der Waals surface area contributed by atoms with Gasteiger partial charge in [-0.05, 0) is 58.3 Å². The highest BCUT2D eigenvalue weighted by molar-refractivity contribution is 5.95. The highest BCUT2D eigenvalue weighted by Gasteiger charge is 2.19. The summed E-state index contributed by atoms with van der Waals surface area (Å²) in [5, 5.41) is 3.11. The van der Waals surface area contributed by atoms with Gasteiger partial charge < -0.3 is 14.8 Å². The van der Waals surface area contributed by atoms with Crippen molar-refractivity contribution in [3.8, 4) is 0 Å². The van der Waals surface area contributed by atoms with Gasteiger partial charge in [-0.3, -0.25) is 4.79 Å². The van der Waals surface area contributed by atoms with Gasteiger partial charge >= 0.3 is 0 Å². The van der Waals surface area contributed by atoms with E-state index in [1.165, 1.54) is 37.9 Å². The Hall–Kier alpha value is -2.07. The maximum Gasteiger partial charge on any atom is 0.253 e. The summed E-state index contributed by atoms with van der Waals surface area (Å²) < 4.78 is 2.26. The zero-order valence-corrected chi connectivity index (χ0v) is 16.3. The van der Waals surface area contributed by atoms with Crippen LogP contribution in [0.5, 0.6) is 0 Å². The van der Waals surface area contributed by atoms with Crippen molar-refractivity contribution in [1.29, 1.82) is 0 Å². The van der Waals surface area contributed by atoms with E-state index in [9.17, 15) is 4.79 Å². The van der Waals surface area contributed by atoms with Gasteiger partial charge in [0.25, 0.3) is 5.91 Å². The van der Waals surface area contributed by atoms with Crippen LogP contribution in [0, 0.1) is 13.8 Å². The number of hydrogen-bond donors (Lipinski definition) is 1. The second kappa shape index (κ2) is 8.54. The second-order valence-electron chi connectivity index (χ2n) is 7.40. The summed E-state index contributed by atoms with van der Waals surface area (Å²) in [6, 6.07) is 12.7. The predicted octanol–water partition coefficient (Wildman–Crippen LogP) is 3.93. The van der Waals surface area contributed by atoms with Crippen molar-refractivity contribution >= 4 is 5.91 Å². The molecule has 3 rings (SSSR count). The number of likely N-dealkylation sites (tertiary alicyclic amines) is 1. The average molecular weight is 354 g/mol. The first-order valence-corrected chi connectivity index (χ1v) is 9.82. The number of amides is 1. The lowest BCUT2D eigenvalue weighted by Gasteiger charge is -2.26. The van der Waals surface area contributed by atoms with Gasteiger partial charge in [-0.25, -0.2) is 0 Å². The van der Waals surface area contributed by atoms with E-state index in [-0.39, 0.29) is 11.9 Å². The van der Waals surface area contributed by atoms with E-state index >= 15 is 0 Å². The number of carbonyl (C=O) groups is 1. The van der Waals surface area contributed by atoms with Crippen LogP contribution < -0.4 is 5.32 Å². The number of hydrogen-bond acceptors (Lipinski definition) is 2. The molecule has 1 saturated heterocycles. The van der Waals surface area contributed by atoms with Gasteiger partial charge in [0.15, 0.2) is 0 Å². The molecule has 1 aliphatic rings. The van der Waals surface area contributed by atoms with Gasteiger partial charge in [0, 0.05) is 24.5 Å². The first kappa shape index (κ1) is 18.7. The van der Waals surface area contributed by atoms with Crippen LogP contribution in [0.2, 0.25) is 0 Å². The molecule has 1 fully saturated rings. The van der Waals surface area contributed by atoms with Crippen molar-refractivity contribution in [1.82, 2.24) is 14.8 Å². The number of aromatic nitrogens is 1. The number of aryl methyl sites for hydroxylation is 1. The van der Waals surface area contributed by atoms with Crippen LogP contribution in [-0.4, -0.2) is 41.6 Å². The third-order valence-corrected chi connectivity index (χ3v) is 5.56. The van der Waals surface area contributed by atoms with Crippen LogP contribution in [0.25, 0.3) is 0 Å². The van der Waals surface area contributed by atoms with Crippen molar-refractivity contribution in [2.75, 3.05) is 26.2 Å². The van der Waals surface area contributed by atoms with Gasteiger partial charge in [0.1, 0.15) is 0 Å². The lowest BCUT2D eigenvalue weighted by atomic mass is 10.1. The molecule has 4 nitrogen and oxygen atoms in total. The Morgan fingerprint density at radius 2 is 1.81 bits per heavy atom. The standard InChI is InChI=1S/C22H31N3O/c1-17-16-21(22(26)23-12-15-24-13-8-5-9-14-24)19(3)25(17)18(2)20-10-6-4-7-11-20/h4,6-7,10-11,16,18H,5,8-9,12-15H2,1-3H3,(H,23,26). The zero-order valence-electron chi connectivity index (χ0n) is 16.3. The SMILES string of the molecule is Cc1cc(C(=O)NCCN2CCCCC2)c(C)n1C(C)c1ccccc1. The molecule has 1 atom stereocenters. The topological polar surface area (TPSA) is 37.3 Å². The number of benzene rings is 1. The van der Waals surface area contributed by atoms with Crippen LogP contribution in [0.4, 0.5) is 0 Å². The quantitative estimate of drug-likeness (QED) is 0.854. The summed E-state index contributed by atoms with van der Waals surface area (Å²) in [6.45, 7) is 10.3. The molecule has 2 aromatic rings. The highest BCUT2D eigenvalue weighted by Crippen LogP contribution is 2.25. The van der Waals surface area contributed by atoms with Crippen molar-refractivity contribution in [2.24, 2.45) is 0 Å². The Kier molecular flexibility index (Phi) is 6.15. The third-order valence-electron chi connectivity index (χ3n) is 5.56. The van der Waals surface area contributed by atoms with Gasteiger partial charge in [-0.1, -0.05) is 36.8 Å². The van der Waals surface area contributed by atoms with Crippen molar-refractivity contribution in [3.05, 3.63) is 58.9 Å². The molecular weight excluding hydrogens is 322 g/mol. The zero-order chi connectivity index (χ0) is 18.5. The third kappa shape index (κ3) is 4.18. The normalized spacial score (nSPS) is 16.4. The Balaban J connectivity index is 1.65. The molecule has 1 aliphatic heterocycles. The predicted molar refractivity (Wildman–Crippen MR) is 107 cm³/mol. The summed E-state index contributed by atoms with van der Waals surface area (Å²) in [5.41, 5.74) is 4.21. The molecule has 0 saturated carbocycles. The highest BCUT2D eigenvalue weighted by atomic mass is 16.1. The molecule has 1 aromatic carbocycles. The molecule has 1 amide bonds. The number of nitrogens with zero attached hydrogens (tertiary/aromatic N) is 2. The van der Waals surface area contributed by atoms with E-state index in [4.69, 9.17) is 0 Å². The summed E-state index contributed by atoms with van der Waals surface area (Å²) in [4.78, 5) is 15.1. The van der Waals surface area contributed by atoms with Gasteiger partial charge in [0.2, 0.25) is 0 Å². The van der Waals surface area contributed by atoms with Crippen LogP contribution in [-0.2, 0) is 0 Å². The van der Waals surface area contributed by atoms with Crippen LogP contribution in [0.3, 0.4) is 0 Å².